The third-order valence-electron chi connectivity index (χ3n) is 2.23. The molecule has 0 saturated carbocycles. The molecule has 0 aliphatic rings. The summed E-state index contributed by atoms with van der Waals surface area (Å²) in [5.41, 5.74) is -0.100. The zero-order valence-electron chi connectivity index (χ0n) is 10.2. The molecule has 5 nitrogen and oxygen atoms in total. The van der Waals surface area contributed by atoms with E-state index in [4.69, 9.17) is 15.4 Å². The van der Waals surface area contributed by atoms with Crippen molar-refractivity contribution in [3.8, 4) is 0 Å². The van der Waals surface area contributed by atoms with E-state index in [0.29, 0.717) is 19.6 Å². The number of methoxy groups -OCH3 is 1. The molecule has 0 heterocycles. The van der Waals surface area contributed by atoms with Crippen LogP contribution < -0.4 is 5.32 Å². The Morgan fingerprint density at radius 3 is 2.68 bits per heavy atom. The number of rotatable bonds is 6. The topological polar surface area (TPSA) is 72.5 Å². The molecular weight excluding hydrogens is 297 g/mol. The van der Waals surface area contributed by atoms with Crippen LogP contribution in [0.15, 0.2) is 23.1 Å². The van der Waals surface area contributed by atoms with Crippen LogP contribution in [-0.2, 0) is 13.8 Å². The molecule has 106 valence electrons. The number of hydrogen-bond donors (Lipinski definition) is 1. The van der Waals surface area contributed by atoms with Crippen LogP contribution in [-0.4, -0.2) is 34.6 Å². The first-order valence-electron chi connectivity index (χ1n) is 5.37. The van der Waals surface area contributed by atoms with Gasteiger partial charge < -0.3 is 10.1 Å². The summed E-state index contributed by atoms with van der Waals surface area (Å²) in [6, 6.07) is 2.72. The number of hydrogen-bond acceptors (Lipinski definition) is 4. The first kappa shape index (κ1) is 15.9. The standard InChI is InChI=1S/C11H13ClFNO4S/c1-18-4-2-3-14-11(15)8-5-9(13)7-10(6-8)19(12,16)17/h5-7H,2-4H2,1H3,(H,14,15). The van der Waals surface area contributed by atoms with Crippen molar-refractivity contribution in [1.29, 1.82) is 0 Å². The highest BCUT2D eigenvalue weighted by molar-refractivity contribution is 8.13. The van der Waals surface area contributed by atoms with Gasteiger partial charge in [-0.05, 0) is 24.6 Å². The first-order valence-corrected chi connectivity index (χ1v) is 7.68. The van der Waals surface area contributed by atoms with E-state index in [-0.39, 0.29) is 5.56 Å². The van der Waals surface area contributed by atoms with Crippen LogP contribution in [0.3, 0.4) is 0 Å². The van der Waals surface area contributed by atoms with Gasteiger partial charge in [-0.1, -0.05) is 0 Å². The summed E-state index contributed by atoms with van der Waals surface area (Å²) in [4.78, 5) is 11.2. The first-order chi connectivity index (χ1) is 8.84. The van der Waals surface area contributed by atoms with Gasteiger partial charge in [0.25, 0.3) is 15.0 Å². The van der Waals surface area contributed by atoms with Gasteiger partial charge in [-0.15, -0.1) is 0 Å². The van der Waals surface area contributed by atoms with E-state index in [9.17, 15) is 17.6 Å². The Bertz CT molecular complexity index is 562. The van der Waals surface area contributed by atoms with E-state index in [1.165, 1.54) is 7.11 Å². The fourth-order valence-electron chi connectivity index (χ4n) is 1.36. The van der Waals surface area contributed by atoms with Gasteiger partial charge >= 0.3 is 0 Å². The molecule has 0 unspecified atom stereocenters. The second kappa shape index (κ2) is 6.83. The van der Waals surface area contributed by atoms with Crippen molar-refractivity contribution in [2.45, 2.75) is 11.3 Å². The van der Waals surface area contributed by atoms with Gasteiger partial charge in [0.1, 0.15) is 5.82 Å². The summed E-state index contributed by atoms with van der Waals surface area (Å²) in [6.07, 6.45) is 0.595. The summed E-state index contributed by atoms with van der Waals surface area (Å²) in [7, 11) is 2.57. The Morgan fingerprint density at radius 1 is 1.42 bits per heavy atom. The fourth-order valence-corrected chi connectivity index (χ4v) is 2.14. The van der Waals surface area contributed by atoms with E-state index in [1.807, 2.05) is 0 Å². The van der Waals surface area contributed by atoms with Crippen LogP contribution >= 0.6 is 10.7 Å². The maximum atomic E-state index is 13.2. The lowest BCUT2D eigenvalue weighted by atomic mass is 10.2. The van der Waals surface area contributed by atoms with Crippen molar-refractivity contribution >= 4 is 25.6 Å². The second-order valence-electron chi connectivity index (χ2n) is 3.72. The Balaban J connectivity index is 2.83. The van der Waals surface area contributed by atoms with Crippen molar-refractivity contribution in [2.24, 2.45) is 0 Å². The predicted molar refractivity (Wildman–Crippen MR) is 68.3 cm³/mol. The summed E-state index contributed by atoms with van der Waals surface area (Å²) in [5, 5.41) is 2.52. The lowest BCUT2D eigenvalue weighted by Crippen LogP contribution is -2.25. The molecule has 0 spiro atoms. The average molecular weight is 310 g/mol. The molecule has 0 bridgehead atoms. The molecule has 8 heteroatoms. The Morgan fingerprint density at radius 2 is 2.11 bits per heavy atom. The highest BCUT2D eigenvalue weighted by Crippen LogP contribution is 2.18. The molecule has 0 saturated heterocycles. The molecule has 0 atom stereocenters. The van der Waals surface area contributed by atoms with E-state index in [1.54, 1.807) is 0 Å². The molecule has 0 aliphatic heterocycles. The fraction of sp³-hybridized carbons (Fsp3) is 0.364. The normalized spacial score (nSPS) is 11.3. The molecule has 0 fully saturated rings. The molecular formula is C11H13ClFNO4S. The van der Waals surface area contributed by atoms with Crippen LogP contribution in [0, 0.1) is 5.82 Å². The monoisotopic (exact) mass is 309 g/mol. The van der Waals surface area contributed by atoms with Crippen molar-refractivity contribution in [2.75, 3.05) is 20.3 Å². The van der Waals surface area contributed by atoms with E-state index < -0.39 is 25.7 Å². The second-order valence-corrected chi connectivity index (χ2v) is 6.28. The maximum Gasteiger partial charge on any atom is 0.261 e. The quantitative estimate of drug-likeness (QED) is 0.639. The van der Waals surface area contributed by atoms with Gasteiger partial charge in [-0.3, -0.25) is 4.79 Å². The molecule has 0 radical (unpaired) electrons. The Hall–Kier alpha value is -1.18. The lowest BCUT2D eigenvalue weighted by molar-refractivity contribution is 0.0948. The Labute approximate surface area is 115 Å². The summed E-state index contributed by atoms with van der Waals surface area (Å²) >= 11 is 0. The van der Waals surface area contributed by atoms with Gasteiger partial charge in [-0.2, -0.15) is 0 Å². The van der Waals surface area contributed by atoms with Crippen LogP contribution in [0.4, 0.5) is 4.39 Å². The lowest BCUT2D eigenvalue weighted by Gasteiger charge is -2.06. The van der Waals surface area contributed by atoms with Crippen LogP contribution in [0.5, 0.6) is 0 Å². The molecule has 0 aliphatic carbocycles. The number of carbonyl (C=O) groups excluding carboxylic acids is 1. The van der Waals surface area contributed by atoms with Crippen molar-refractivity contribution < 1.29 is 22.3 Å². The number of amides is 1. The molecule has 19 heavy (non-hydrogen) atoms. The van der Waals surface area contributed by atoms with Gasteiger partial charge in [0.2, 0.25) is 0 Å². The zero-order chi connectivity index (χ0) is 14.5. The van der Waals surface area contributed by atoms with E-state index in [0.717, 1.165) is 18.2 Å². The van der Waals surface area contributed by atoms with Crippen molar-refractivity contribution in [3.63, 3.8) is 0 Å². The van der Waals surface area contributed by atoms with Gasteiger partial charge in [0, 0.05) is 36.5 Å². The van der Waals surface area contributed by atoms with Crippen LogP contribution in [0.25, 0.3) is 0 Å². The molecule has 0 aromatic heterocycles. The highest BCUT2D eigenvalue weighted by Gasteiger charge is 2.15. The molecule has 1 rings (SSSR count). The van der Waals surface area contributed by atoms with Gasteiger partial charge in [0.05, 0.1) is 4.90 Å². The third kappa shape index (κ3) is 5.14. The van der Waals surface area contributed by atoms with E-state index >= 15 is 0 Å². The van der Waals surface area contributed by atoms with Crippen molar-refractivity contribution in [3.05, 3.63) is 29.6 Å². The number of nitrogens with one attached hydrogen (secondary N) is 1. The average Bonchev–Trinajstić information content (AvgIpc) is 2.32. The van der Waals surface area contributed by atoms with Crippen LogP contribution in [0.1, 0.15) is 16.8 Å². The summed E-state index contributed by atoms with van der Waals surface area (Å²) < 4.78 is 40.3. The number of benzene rings is 1. The Kier molecular flexibility index (Phi) is 5.71. The molecule has 1 aromatic carbocycles. The smallest absolute Gasteiger partial charge is 0.261 e. The van der Waals surface area contributed by atoms with Gasteiger partial charge in [-0.25, -0.2) is 12.8 Å². The molecule has 1 N–H and O–H groups in total. The predicted octanol–water partition coefficient (Wildman–Crippen LogP) is 1.52. The van der Waals surface area contributed by atoms with Gasteiger partial charge in [0.15, 0.2) is 0 Å². The highest BCUT2D eigenvalue weighted by atomic mass is 35.7. The minimum atomic E-state index is -4.08. The van der Waals surface area contributed by atoms with Crippen molar-refractivity contribution in [1.82, 2.24) is 5.32 Å². The maximum absolute atomic E-state index is 13.2. The molecule has 1 amide bonds. The largest absolute Gasteiger partial charge is 0.385 e. The van der Waals surface area contributed by atoms with E-state index in [2.05, 4.69) is 5.32 Å². The summed E-state index contributed by atoms with van der Waals surface area (Å²) in [6.45, 7) is 0.816. The SMILES string of the molecule is COCCCNC(=O)c1cc(F)cc(S(=O)(=O)Cl)c1. The number of halogens is 2. The number of carbonyl (C=O) groups is 1. The third-order valence-corrected chi connectivity index (χ3v) is 3.56. The number of ether oxygens (including phenoxy) is 1. The van der Waals surface area contributed by atoms with Crippen LogP contribution in [0.2, 0.25) is 0 Å². The summed E-state index contributed by atoms with van der Waals surface area (Å²) in [5.74, 6) is -1.42. The zero-order valence-corrected chi connectivity index (χ0v) is 11.7. The molecule has 1 aromatic rings. The minimum absolute atomic E-state index is 0.100. The minimum Gasteiger partial charge on any atom is -0.385 e.